The van der Waals surface area contributed by atoms with Crippen molar-refractivity contribution in [1.29, 1.82) is 5.26 Å². The molecule has 1 aromatic carbocycles. The monoisotopic (exact) mass is 378 g/mol. The first-order chi connectivity index (χ1) is 11.6. The number of ether oxygens (including phenoxy) is 1. The molecule has 1 aromatic heterocycles. The fourth-order valence-electron chi connectivity index (χ4n) is 2.16. The molecule has 1 N–H and O–H groups in total. The number of carbonyl (C=O) groups is 1. The molecule has 0 radical (unpaired) electrons. The molecule has 0 unspecified atom stereocenters. The van der Waals surface area contributed by atoms with Crippen LogP contribution in [0.4, 0.5) is 5.69 Å². The van der Waals surface area contributed by atoms with E-state index in [0.29, 0.717) is 0 Å². The normalized spacial score (nSPS) is 11.6. The van der Waals surface area contributed by atoms with E-state index in [1.807, 2.05) is 26.8 Å². The summed E-state index contributed by atoms with van der Waals surface area (Å²) in [5, 5.41) is 10.9. The predicted molar refractivity (Wildman–Crippen MR) is 96.3 cm³/mol. The van der Waals surface area contributed by atoms with Crippen LogP contribution < -0.4 is 4.72 Å². The van der Waals surface area contributed by atoms with Gasteiger partial charge in [-0.25, -0.2) is 13.2 Å². The Morgan fingerprint density at radius 1 is 1.28 bits per heavy atom. The predicted octanol–water partition coefficient (Wildman–Crippen LogP) is 3.50. The van der Waals surface area contributed by atoms with Gasteiger partial charge in [0.1, 0.15) is 15.8 Å². The first kappa shape index (κ1) is 19.0. The van der Waals surface area contributed by atoms with Gasteiger partial charge in [0.25, 0.3) is 10.0 Å². The van der Waals surface area contributed by atoms with Gasteiger partial charge in [-0.2, -0.15) is 5.26 Å². The van der Waals surface area contributed by atoms with Crippen molar-refractivity contribution in [2.24, 2.45) is 0 Å². The molecule has 6 nitrogen and oxygen atoms in total. The molecule has 25 heavy (non-hydrogen) atoms. The van der Waals surface area contributed by atoms with Gasteiger partial charge in [0.2, 0.25) is 0 Å². The number of hydrogen-bond acceptors (Lipinski definition) is 6. The van der Waals surface area contributed by atoms with Crippen LogP contribution in [0.25, 0.3) is 0 Å². The molecular weight excluding hydrogens is 360 g/mol. The minimum Gasteiger partial charge on any atom is -0.465 e. The number of nitriles is 1. The summed E-state index contributed by atoms with van der Waals surface area (Å²) in [5.74, 6) is -0.628. The smallest absolute Gasteiger partial charge is 0.350 e. The fraction of sp³-hybridized carbons (Fsp3) is 0.294. The Hall–Kier alpha value is -2.37. The Bertz CT molecular complexity index is 948. The van der Waals surface area contributed by atoms with Gasteiger partial charge in [0.15, 0.2) is 0 Å². The zero-order valence-corrected chi connectivity index (χ0v) is 15.9. The largest absolute Gasteiger partial charge is 0.465 e. The van der Waals surface area contributed by atoms with Crippen molar-refractivity contribution in [3.63, 3.8) is 0 Å². The minimum atomic E-state index is -4.03. The maximum atomic E-state index is 12.7. The molecule has 2 aromatic rings. The topological polar surface area (TPSA) is 96.3 Å². The van der Waals surface area contributed by atoms with E-state index in [1.165, 1.54) is 19.2 Å². The number of esters is 1. The van der Waals surface area contributed by atoms with Crippen molar-refractivity contribution < 1.29 is 17.9 Å². The molecule has 0 aliphatic heterocycles. The van der Waals surface area contributed by atoms with Crippen LogP contribution in [0.5, 0.6) is 0 Å². The summed E-state index contributed by atoms with van der Waals surface area (Å²) in [6.45, 7) is 5.93. The lowest BCUT2D eigenvalue weighted by atomic mass is 9.86. The van der Waals surface area contributed by atoms with E-state index in [0.717, 1.165) is 16.9 Å². The van der Waals surface area contributed by atoms with E-state index >= 15 is 0 Å². The van der Waals surface area contributed by atoms with Crippen molar-refractivity contribution >= 4 is 33.0 Å². The van der Waals surface area contributed by atoms with Gasteiger partial charge < -0.3 is 4.74 Å². The second kappa shape index (κ2) is 6.86. The van der Waals surface area contributed by atoms with Crippen molar-refractivity contribution in [3.8, 4) is 6.07 Å². The lowest BCUT2D eigenvalue weighted by molar-refractivity contribution is 0.0607. The van der Waals surface area contributed by atoms with Crippen LogP contribution in [-0.2, 0) is 20.2 Å². The maximum Gasteiger partial charge on any atom is 0.350 e. The molecule has 1 heterocycles. The average molecular weight is 378 g/mol. The van der Waals surface area contributed by atoms with Crippen molar-refractivity contribution in [2.45, 2.75) is 31.1 Å². The number of benzene rings is 1. The Morgan fingerprint density at radius 3 is 2.52 bits per heavy atom. The van der Waals surface area contributed by atoms with Crippen molar-refractivity contribution in [2.75, 3.05) is 11.8 Å². The van der Waals surface area contributed by atoms with Crippen LogP contribution in [0.2, 0.25) is 0 Å². The van der Waals surface area contributed by atoms with Gasteiger partial charge in [-0.05, 0) is 34.6 Å². The van der Waals surface area contributed by atoms with Crippen LogP contribution >= 0.6 is 11.3 Å². The number of nitrogens with zero attached hydrogens (tertiary/aromatic N) is 1. The Morgan fingerprint density at radius 2 is 1.96 bits per heavy atom. The quantitative estimate of drug-likeness (QED) is 0.821. The number of hydrogen-bond donors (Lipinski definition) is 1. The first-order valence-electron chi connectivity index (χ1n) is 7.33. The molecule has 0 fully saturated rings. The zero-order chi connectivity index (χ0) is 18.8. The molecule has 2 rings (SSSR count). The van der Waals surface area contributed by atoms with Crippen molar-refractivity contribution in [3.05, 3.63) is 45.6 Å². The summed E-state index contributed by atoms with van der Waals surface area (Å²) in [5.41, 5.74) is 0.816. The van der Waals surface area contributed by atoms with Gasteiger partial charge in [0.05, 0.1) is 18.4 Å². The molecule has 0 amide bonds. The van der Waals surface area contributed by atoms with Crippen LogP contribution in [0, 0.1) is 11.3 Å². The van der Waals surface area contributed by atoms with E-state index in [-0.39, 0.29) is 26.4 Å². The van der Waals surface area contributed by atoms with E-state index in [1.54, 1.807) is 17.5 Å². The molecule has 132 valence electrons. The molecule has 0 bridgehead atoms. The summed E-state index contributed by atoms with van der Waals surface area (Å²) < 4.78 is 32.4. The van der Waals surface area contributed by atoms with Gasteiger partial charge >= 0.3 is 5.97 Å². The van der Waals surface area contributed by atoms with Crippen LogP contribution in [-0.4, -0.2) is 21.5 Å². The lowest BCUT2D eigenvalue weighted by Gasteiger charge is -2.20. The second-order valence-corrected chi connectivity index (χ2v) is 8.90. The Labute approximate surface area is 151 Å². The van der Waals surface area contributed by atoms with Gasteiger partial charge in [-0.1, -0.05) is 26.8 Å². The van der Waals surface area contributed by atoms with E-state index < -0.39 is 16.0 Å². The molecule has 0 aliphatic carbocycles. The number of carbonyl (C=O) groups excluding carboxylic acids is 1. The molecular formula is C17H18N2O4S2. The van der Waals surface area contributed by atoms with Gasteiger partial charge in [-0.3, -0.25) is 4.72 Å². The van der Waals surface area contributed by atoms with Crippen LogP contribution in [0.15, 0.2) is 34.5 Å². The van der Waals surface area contributed by atoms with Gasteiger partial charge in [-0.15, -0.1) is 11.3 Å². The third-order valence-corrected chi connectivity index (χ3v) is 5.85. The third-order valence-electron chi connectivity index (χ3n) is 3.54. The number of methoxy groups -OCH3 is 1. The SMILES string of the molecule is COC(=O)c1sccc1NS(=O)(=O)c1ccc(C(C)(C)C)cc1C#N. The Balaban J connectivity index is 2.46. The third kappa shape index (κ3) is 4.00. The summed E-state index contributed by atoms with van der Waals surface area (Å²) in [7, 11) is -2.80. The number of sulfonamides is 1. The van der Waals surface area contributed by atoms with E-state index in [4.69, 9.17) is 0 Å². The number of thiophene rings is 1. The molecule has 0 saturated carbocycles. The molecule has 0 atom stereocenters. The summed E-state index contributed by atoms with van der Waals surface area (Å²) in [6, 6.07) is 8.08. The summed E-state index contributed by atoms with van der Waals surface area (Å²) in [6.07, 6.45) is 0. The molecule has 0 saturated heterocycles. The molecule has 8 heteroatoms. The van der Waals surface area contributed by atoms with Crippen LogP contribution in [0.1, 0.15) is 41.6 Å². The molecule has 0 aliphatic rings. The minimum absolute atomic E-state index is 0.0507. The highest BCUT2D eigenvalue weighted by atomic mass is 32.2. The van der Waals surface area contributed by atoms with E-state index in [2.05, 4.69) is 9.46 Å². The summed E-state index contributed by atoms with van der Waals surface area (Å²) in [4.78, 5) is 11.7. The zero-order valence-electron chi connectivity index (χ0n) is 14.3. The highest BCUT2D eigenvalue weighted by molar-refractivity contribution is 7.92. The highest BCUT2D eigenvalue weighted by Gasteiger charge is 2.24. The fourth-order valence-corrected chi connectivity index (χ4v) is 4.20. The number of nitrogens with one attached hydrogen (secondary N) is 1. The van der Waals surface area contributed by atoms with Gasteiger partial charge in [0, 0.05) is 0 Å². The van der Waals surface area contributed by atoms with E-state index in [9.17, 15) is 18.5 Å². The lowest BCUT2D eigenvalue weighted by Crippen LogP contribution is -2.17. The summed E-state index contributed by atoms with van der Waals surface area (Å²) >= 11 is 1.07. The number of rotatable bonds is 4. The Kier molecular flexibility index (Phi) is 5.20. The van der Waals surface area contributed by atoms with Crippen molar-refractivity contribution in [1.82, 2.24) is 0 Å². The first-order valence-corrected chi connectivity index (χ1v) is 9.69. The number of anilines is 1. The van der Waals surface area contributed by atoms with Crippen LogP contribution in [0.3, 0.4) is 0 Å². The molecule has 0 spiro atoms. The standard InChI is InChI=1S/C17H18N2O4S2/c1-17(2,3)12-5-6-14(11(9-12)10-18)25(21,22)19-13-7-8-24-15(13)16(20)23-4/h5-9,19H,1-4H3. The second-order valence-electron chi connectivity index (χ2n) is 6.33. The highest BCUT2D eigenvalue weighted by Crippen LogP contribution is 2.29. The maximum absolute atomic E-state index is 12.7. The average Bonchev–Trinajstić information content (AvgIpc) is 2.99.